The van der Waals surface area contributed by atoms with Crippen LogP contribution in [0.5, 0.6) is 5.75 Å². The molecule has 0 saturated carbocycles. The van der Waals surface area contributed by atoms with E-state index >= 15 is 0 Å². The molecule has 34 heavy (non-hydrogen) atoms. The van der Waals surface area contributed by atoms with Crippen molar-refractivity contribution in [3.63, 3.8) is 0 Å². The summed E-state index contributed by atoms with van der Waals surface area (Å²) in [6.07, 6.45) is 1.42. The summed E-state index contributed by atoms with van der Waals surface area (Å²) in [5.41, 5.74) is 5.73. The van der Waals surface area contributed by atoms with Crippen LogP contribution in [0.3, 0.4) is 0 Å². The Kier molecular flexibility index (Phi) is 6.06. The van der Waals surface area contributed by atoms with E-state index in [1.54, 1.807) is 4.90 Å². The molecule has 0 fully saturated rings. The smallest absolute Gasteiger partial charge is 0.232 e. The van der Waals surface area contributed by atoms with Crippen molar-refractivity contribution in [1.82, 2.24) is 0 Å². The first-order valence-electron chi connectivity index (χ1n) is 12.0. The summed E-state index contributed by atoms with van der Waals surface area (Å²) in [7, 11) is 0. The number of Topliss-reactive ketones (excluding diaryl/α,β-unsaturated/α-hetero) is 1. The number of hydrogen-bond acceptors (Lipinski definition) is 3. The fourth-order valence-corrected chi connectivity index (χ4v) is 5.33. The van der Waals surface area contributed by atoms with Crippen LogP contribution in [0.4, 0.5) is 5.69 Å². The predicted octanol–water partition coefficient (Wildman–Crippen LogP) is 6.32. The summed E-state index contributed by atoms with van der Waals surface area (Å²) in [5.74, 6) is 0.790. The highest BCUT2D eigenvalue weighted by atomic mass is 16.5. The number of anilines is 1. The van der Waals surface area contributed by atoms with Crippen molar-refractivity contribution < 1.29 is 14.3 Å². The van der Waals surface area contributed by atoms with Gasteiger partial charge in [-0.3, -0.25) is 14.5 Å². The second-order valence-electron chi connectivity index (χ2n) is 9.13. The van der Waals surface area contributed by atoms with Gasteiger partial charge in [0, 0.05) is 35.7 Å². The molecule has 1 heterocycles. The number of nitrogens with zero attached hydrogens (tertiary/aromatic N) is 1. The van der Waals surface area contributed by atoms with Crippen molar-refractivity contribution in [2.75, 3.05) is 11.5 Å². The highest BCUT2D eigenvalue weighted by Crippen LogP contribution is 2.47. The van der Waals surface area contributed by atoms with Crippen molar-refractivity contribution in [3.05, 3.63) is 107 Å². The second-order valence-corrected chi connectivity index (χ2v) is 9.13. The zero-order valence-corrected chi connectivity index (χ0v) is 19.7. The molecule has 4 heteroatoms. The van der Waals surface area contributed by atoms with E-state index in [9.17, 15) is 9.59 Å². The van der Waals surface area contributed by atoms with E-state index in [1.807, 2.05) is 74.5 Å². The van der Waals surface area contributed by atoms with Crippen molar-refractivity contribution in [1.29, 1.82) is 0 Å². The van der Waals surface area contributed by atoms with Crippen molar-refractivity contribution in [2.45, 2.75) is 44.9 Å². The summed E-state index contributed by atoms with van der Waals surface area (Å²) >= 11 is 0. The Morgan fingerprint density at radius 3 is 2.29 bits per heavy atom. The summed E-state index contributed by atoms with van der Waals surface area (Å²) in [6.45, 7) is 4.58. The van der Waals surface area contributed by atoms with Gasteiger partial charge in [0.25, 0.3) is 0 Å². The van der Waals surface area contributed by atoms with Crippen LogP contribution in [0.15, 0.2) is 90.1 Å². The van der Waals surface area contributed by atoms with Crippen LogP contribution in [0.2, 0.25) is 0 Å². The molecule has 0 N–H and O–H groups in total. The van der Waals surface area contributed by atoms with Crippen molar-refractivity contribution in [2.24, 2.45) is 0 Å². The highest BCUT2D eigenvalue weighted by Gasteiger charge is 2.42. The lowest BCUT2D eigenvalue weighted by molar-refractivity contribution is -0.120. The van der Waals surface area contributed by atoms with Gasteiger partial charge >= 0.3 is 0 Å². The standard InChI is InChI=1S/C30H29NO3/c1-3-34-25-14-12-24(13-15-25)31-27-17-23(21-9-5-4-6-10-21)18-28(32)30(27)26(19-29(31)33)22-11-7-8-20(2)16-22/h4-16,23,26H,3,17-19H2,1-2H3. The number of benzene rings is 3. The minimum Gasteiger partial charge on any atom is -0.494 e. The van der Waals surface area contributed by atoms with Gasteiger partial charge in [0.15, 0.2) is 5.78 Å². The number of carbonyl (C=O) groups excluding carboxylic acids is 2. The van der Waals surface area contributed by atoms with E-state index in [-0.39, 0.29) is 29.9 Å². The number of amides is 1. The SMILES string of the molecule is CCOc1ccc(N2C(=O)CC(c3cccc(C)c3)C3=C2CC(c2ccccc2)CC3=O)cc1. The lowest BCUT2D eigenvalue weighted by atomic mass is 9.72. The lowest BCUT2D eigenvalue weighted by Gasteiger charge is -2.40. The fraction of sp³-hybridized carbons (Fsp3) is 0.267. The summed E-state index contributed by atoms with van der Waals surface area (Å²) < 4.78 is 5.59. The number of ketones is 1. The van der Waals surface area contributed by atoms with Gasteiger partial charge in [-0.25, -0.2) is 0 Å². The first-order chi connectivity index (χ1) is 16.5. The normalized spacial score (nSPS) is 20.4. The Balaban J connectivity index is 1.62. The van der Waals surface area contributed by atoms with Gasteiger partial charge in [-0.2, -0.15) is 0 Å². The van der Waals surface area contributed by atoms with Crippen LogP contribution in [-0.2, 0) is 9.59 Å². The molecule has 3 aromatic carbocycles. The molecule has 0 saturated heterocycles. The van der Waals surface area contributed by atoms with Gasteiger partial charge in [0.05, 0.1) is 6.61 Å². The predicted molar refractivity (Wildman–Crippen MR) is 134 cm³/mol. The summed E-state index contributed by atoms with van der Waals surface area (Å²) in [4.78, 5) is 29.1. The average Bonchev–Trinajstić information content (AvgIpc) is 2.85. The van der Waals surface area contributed by atoms with E-state index in [0.717, 1.165) is 39.4 Å². The Bertz CT molecular complexity index is 1240. The van der Waals surface area contributed by atoms with Crippen LogP contribution in [0, 0.1) is 6.92 Å². The maximum absolute atomic E-state index is 13.7. The molecule has 0 radical (unpaired) electrons. The maximum atomic E-state index is 13.7. The highest BCUT2D eigenvalue weighted by molar-refractivity contribution is 6.08. The quantitative estimate of drug-likeness (QED) is 0.456. The minimum absolute atomic E-state index is 0.0240. The van der Waals surface area contributed by atoms with Crippen molar-refractivity contribution >= 4 is 17.4 Å². The molecular formula is C30H29NO3. The molecule has 172 valence electrons. The van der Waals surface area contributed by atoms with E-state index in [0.29, 0.717) is 19.4 Å². The molecule has 1 aliphatic carbocycles. The van der Waals surface area contributed by atoms with Crippen LogP contribution >= 0.6 is 0 Å². The number of carbonyl (C=O) groups is 2. The van der Waals surface area contributed by atoms with Gasteiger partial charge < -0.3 is 4.74 Å². The summed E-state index contributed by atoms with van der Waals surface area (Å²) in [6, 6.07) is 26.0. The van der Waals surface area contributed by atoms with E-state index in [2.05, 4.69) is 18.2 Å². The molecule has 0 aromatic heterocycles. The van der Waals surface area contributed by atoms with Gasteiger partial charge in [-0.05, 0) is 61.6 Å². The van der Waals surface area contributed by atoms with Crippen LogP contribution in [0.1, 0.15) is 54.7 Å². The van der Waals surface area contributed by atoms with Gasteiger partial charge in [-0.15, -0.1) is 0 Å². The fourth-order valence-electron chi connectivity index (χ4n) is 5.33. The number of aryl methyl sites for hydroxylation is 1. The largest absolute Gasteiger partial charge is 0.494 e. The number of rotatable bonds is 5. The first-order valence-corrected chi connectivity index (χ1v) is 12.0. The van der Waals surface area contributed by atoms with Crippen LogP contribution in [0.25, 0.3) is 0 Å². The topological polar surface area (TPSA) is 46.6 Å². The monoisotopic (exact) mass is 451 g/mol. The molecule has 5 rings (SSSR count). The van der Waals surface area contributed by atoms with Gasteiger partial charge in [0.1, 0.15) is 5.75 Å². The third-order valence-electron chi connectivity index (χ3n) is 6.85. The van der Waals surface area contributed by atoms with E-state index in [1.165, 1.54) is 0 Å². The molecule has 1 aliphatic heterocycles. The Morgan fingerprint density at radius 2 is 1.59 bits per heavy atom. The molecule has 2 atom stereocenters. The maximum Gasteiger partial charge on any atom is 0.232 e. The molecule has 0 bridgehead atoms. The molecule has 2 aliphatic rings. The lowest BCUT2D eigenvalue weighted by Crippen LogP contribution is -2.41. The average molecular weight is 452 g/mol. The van der Waals surface area contributed by atoms with Gasteiger partial charge in [-0.1, -0.05) is 60.2 Å². The molecule has 0 spiro atoms. The van der Waals surface area contributed by atoms with E-state index in [4.69, 9.17) is 4.74 Å². The third kappa shape index (κ3) is 4.16. The number of allylic oxidation sites excluding steroid dienone is 2. The van der Waals surface area contributed by atoms with Gasteiger partial charge in [0.2, 0.25) is 5.91 Å². The molecule has 1 amide bonds. The summed E-state index contributed by atoms with van der Waals surface area (Å²) in [5, 5.41) is 0. The molecular weight excluding hydrogens is 422 g/mol. The van der Waals surface area contributed by atoms with Crippen molar-refractivity contribution in [3.8, 4) is 5.75 Å². The molecule has 2 unspecified atom stereocenters. The zero-order valence-electron chi connectivity index (χ0n) is 19.7. The second kappa shape index (κ2) is 9.30. The Morgan fingerprint density at radius 1 is 0.853 bits per heavy atom. The van der Waals surface area contributed by atoms with E-state index < -0.39 is 0 Å². The number of ether oxygens (including phenoxy) is 1. The molecule has 3 aromatic rings. The number of hydrogen-bond donors (Lipinski definition) is 0. The Hall–Kier alpha value is -3.66. The van der Waals surface area contributed by atoms with Crippen LogP contribution < -0.4 is 9.64 Å². The third-order valence-corrected chi connectivity index (χ3v) is 6.85. The first kappa shape index (κ1) is 22.1. The molecule has 4 nitrogen and oxygen atoms in total. The van der Waals surface area contributed by atoms with Crippen LogP contribution in [-0.4, -0.2) is 18.3 Å². The zero-order chi connectivity index (χ0) is 23.7. The Labute approximate surface area is 200 Å². The minimum atomic E-state index is -0.203.